The first-order valence-electron chi connectivity index (χ1n) is 9.54. The number of thioether (sulfide) groups is 1. The first kappa shape index (κ1) is 22.3. The Labute approximate surface area is 161 Å². The number of unbranched alkanes of at least 4 members (excludes halogenated alkanes) is 5. The summed E-state index contributed by atoms with van der Waals surface area (Å²) in [6.45, 7) is 3.41. The first-order valence-corrected chi connectivity index (χ1v) is 10.4. The molecule has 1 rings (SSSR count). The van der Waals surface area contributed by atoms with E-state index in [0.717, 1.165) is 30.4 Å². The minimum absolute atomic E-state index is 0.0432. The van der Waals surface area contributed by atoms with E-state index in [1.165, 1.54) is 31.8 Å². The molecular formula is C21H31NO3S. The molecule has 0 heterocycles. The second-order valence-electron chi connectivity index (χ2n) is 6.12. The molecule has 0 saturated carbocycles. The van der Waals surface area contributed by atoms with Crippen molar-refractivity contribution in [3.8, 4) is 5.75 Å². The van der Waals surface area contributed by atoms with Crippen molar-refractivity contribution < 1.29 is 14.3 Å². The average molecular weight is 378 g/mol. The molecule has 4 nitrogen and oxygen atoms in total. The Morgan fingerprint density at radius 1 is 1.04 bits per heavy atom. The zero-order valence-corrected chi connectivity index (χ0v) is 16.6. The van der Waals surface area contributed by atoms with Gasteiger partial charge >= 0.3 is 0 Å². The third-order valence-corrected chi connectivity index (χ3v) is 4.52. The van der Waals surface area contributed by atoms with E-state index in [1.807, 2.05) is 30.3 Å². The van der Waals surface area contributed by atoms with Crippen molar-refractivity contribution in [2.75, 3.05) is 13.2 Å². The summed E-state index contributed by atoms with van der Waals surface area (Å²) in [4.78, 5) is 23.4. The Kier molecular flexibility index (Phi) is 13.3. The Morgan fingerprint density at radius 2 is 1.77 bits per heavy atom. The van der Waals surface area contributed by atoms with Crippen LogP contribution in [0.15, 0.2) is 41.8 Å². The smallest absolute Gasteiger partial charge is 0.244 e. The summed E-state index contributed by atoms with van der Waals surface area (Å²) in [5.74, 6) is 0.681. The van der Waals surface area contributed by atoms with Crippen LogP contribution in [0.4, 0.5) is 0 Å². The number of para-hydroxylation sites is 1. The van der Waals surface area contributed by atoms with Gasteiger partial charge in [0.2, 0.25) is 5.91 Å². The molecule has 0 aromatic heterocycles. The van der Waals surface area contributed by atoms with E-state index < -0.39 is 0 Å². The number of ether oxygens (including phenoxy) is 1. The van der Waals surface area contributed by atoms with Gasteiger partial charge in [0.05, 0.1) is 6.61 Å². The molecule has 0 fully saturated rings. The average Bonchev–Trinajstić information content (AvgIpc) is 2.65. The molecule has 0 aliphatic carbocycles. The van der Waals surface area contributed by atoms with E-state index in [-0.39, 0.29) is 11.0 Å². The van der Waals surface area contributed by atoms with Crippen LogP contribution in [0.25, 0.3) is 0 Å². The molecule has 0 aliphatic rings. The number of rotatable bonds is 14. The third-order valence-electron chi connectivity index (χ3n) is 3.79. The fourth-order valence-corrected chi connectivity index (χ4v) is 2.94. The molecule has 1 N–H and O–H groups in total. The van der Waals surface area contributed by atoms with Gasteiger partial charge in [-0.05, 0) is 30.4 Å². The van der Waals surface area contributed by atoms with Gasteiger partial charge in [0.25, 0.3) is 0 Å². The summed E-state index contributed by atoms with van der Waals surface area (Å²) in [7, 11) is 0. The van der Waals surface area contributed by atoms with Crippen molar-refractivity contribution in [3.63, 3.8) is 0 Å². The van der Waals surface area contributed by atoms with Crippen LogP contribution >= 0.6 is 11.8 Å². The highest BCUT2D eigenvalue weighted by molar-refractivity contribution is 8.16. The van der Waals surface area contributed by atoms with Gasteiger partial charge in [0, 0.05) is 19.0 Å². The van der Waals surface area contributed by atoms with E-state index in [2.05, 4.69) is 12.2 Å². The first-order chi connectivity index (χ1) is 12.7. The number of amides is 1. The molecule has 26 heavy (non-hydrogen) atoms. The third kappa shape index (κ3) is 12.6. The van der Waals surface area contributed by atoms with Gasteiger partial charge < -0.3 is 10.1 Å². The number of hydrogen-bond donors (Lipinski definition) is 1. The fourth-order valence-electron chi connectivity index (χ4n) is 2.33. The molecule has 0 atom stereocenters. The highest BCUT2D eigenvalue weighted by Gasteiger charge is 2.02. The van der Waals surface area contributed by atoms with E-state index in [0.29, 0.717) is 26.0 Å². The second-order valence-corrected chi connectivity index (χ2v) is 7.08. The molecule has 0 aliphatic heterocycles. The molecule has 5 heteroatoms. The van der Waals surface area contributed by atoms with Gasteiger partial charge in [-0.25, -0.2) is 0 Å². The highest BCUT2D eigenvalue weighted by atomic mass is 32.2. The van der Waals surface area contributed by atoms with Gasteiger partial charge in [-0.3, -0.25) is 9.59 Å². The zero-order chi connectivity index (χ0) is 18.9. The molecule has 1 aromatic carbocycles. The van der Waals surface area contributed by atoms with Gasteiger partial charge in [0.1, 0.15) is 5.75 Å². The molecule has 0 spiro atoms. The quantitative estimate of drug-likeness (QED) is 0.362. The van der Waals surface area contributed by atoms with E-state index in [9.17, 15) is 9.59 Å². The van der Waals surface area contributed by atoms with Gasteiger partial charge in [0.15, 0.2) is 5.12 Å². The predicted octanol–water partition coefficient (Wildman–Crippen LogP) is 5.10. The van der Waals surface area contributed by atoms with Gasteiger partial charge in [-0.2, -0.15) is 0 Å². The summed E-state index contributed by atoms with van der Waals surface area (Å²) in [5, 5.41) is 4.46. The maximum Gasteiger partial charge on any atom is 0.244 e. The van der Waals surface area contributed by atoms with Crippen LogP contribution < -0.4 is 10.1 Å². The van der Waals surface area contributed by atoms with Gasteiger partial charge in [-0.15, -0.1) is 0 Å². The van der Waals surface area contributed by atoms with E-state index in [4.69, 9.17) is 4.74 Å². The standard InChI is InChI=1S/C21H31NO3S/c1-2-3-4-5-6-10-16-22-20(23)15-18-26-21(24)14-11-17-25-19-12-8-7-9-13-19/h7-9,12-13,15,18H,2-6,10-11,14,16-17H2,1H3,(H,22,23). The Bertz CT molecular complexity index is 531. The molecule has 1 amide bonds. The summed E-state index contributed by atoms with van der Waals surface area (Å²) in [5.41, 5.74) is 0. The predicted molar refractivity (Wildman–Crippen MR) is 109 cm³/mol. The maximum atomic E-state index is 11.7. The summed E-state index contributed by atoms with van der Waals surface area (Å²) >= 11 is 1.07. The lowest BCUT2D eigenvalue weighted by atomic mass is 10.1. The zero-order valence-electron chi connectivity index (χ0n) is 15.7. The van der Waals surface area contributed by atoms with Crippen molar-refractivity contribution in [3.05, 3.63) is 41.8 Å². The molecule has 0 radical (unpaired) electrons. The Morgan fingerprint density at radius 3 is 2.54 bits per heavy atom. The van der Waals surface area contributed by atoms with Crippen molar-refractivity contribution >= 4 is 22.8 Å². The lowest BCUT2D eigenvalue weighted by Crippen LogP contribution is -2.21. The molecule has 144 valence electrons. The van der Waals surface area contributed by atoms with Crippen LogP contribution in [0.1, 0.15) is 58.3 Å². The molecule has 0 unspecified atom stereocenters. The molecule has 0 bridgehead atoms. The SMILES string of the molecule is CCCCCCCCNC(=O)C=CSC(=O)CCCOc1ccccc1. The van der Waals surface area contributed by atoms with Crippen LogP contribution in [0.2, 0.25) is 0 Å². The van der Waals surface area contributed by atoms with Crippen molar-refractivity contribution in [2.45, 2.75) is 58.3 Å². The summed E-state index contributed by atoms with van der Waals surface area (Å²) in [6.07, 6.45) is 9.74. The highest BCUT2D eigenvalue weighted by Crippen LogP contribution is 2.12. The number of benzene rings is 1. The second kappa shape index (κ2) is 15.5. The fraction of sp³-hybridized carbons (Fsp3) is 0.524. The maximum absolute atomic E-state index is 11.7. The molecule has 1 aromatic rings. The number of carbonyl (C=O) groups excluding carboxylic acids is 2. The number of carbonyl (C=O) groups is 2. The summed E-state index contributed by atoms with van der Waals surface area (Å²) < 4.78 is 5.54. The monoisotopic (exact) mass is 377 g/mol. The number of hydrogen-bond acceptors (Lipinski definition) is 4. The normalized spacial score (nSPS) is 10.8. The van der Waals surface area contributed by atoms with Crippen molar-refractivity contribution in [1.29, 1.82) is 0 Å². The molecule has 0 saturated heterocycles. The van der Waals surface area contributed by atoms with Crippen LogP contribution in [-0.2, 0) is 9.59 Å². The van der Waals surface area contributed by atoms with E-state index >= 15 is 0 Å². The topological polar surface area (TPSA) is 55.4 Å². The minimum Gasteiger partial charge on any atom is -0.494 e. The van der Waals surface area contributed by atoms with Crippen LogP contribution in [0, 0.1) is 0 Å². The van der Waals surface area contributed by atoms with Crippen molar-refractivity contribution in [1.82, 2.24) is 5.32 Å². The lowest BCUT2D eigenvalue weighted by Gasteiger charge is -2.04. The summed E-state index contributed by atoms with van der Waals surface area (Å²) in [6, 6.07) is 9.55. The lowest BCUT2D eigenvalue weighted by molar-refractivity contribution is -0.116. The van der Waals surface area contributed by atoms with E-state index in [1.54, 1.807) is 5.41 Å². The largest absolute Gasteiger partial charge is 0.494 e. The van der Waals surface area contributed by atoms with Crippen LogP contribution in [-0.4, -0.2) is 24.2 Å². The Hall–Kier alpha value is -1.75. The molecular weight excluding hydrogens is 346 g/mol. The van der Waals surface area contributed by atoms with Gasteiger partial charge in [-0.1, -0.05) is 69.0 Å². The van der Waals surface area contributed by atoms with Crippen LogP contribution in [0.5, 0.6) is 5.75 Å². The Balaban J connectivity index is 1.98. The van der Waals surface area contributed by atoms with Crippen LogP contribution in [0.3, 0.4) is 0 Å². The number of nitrogens with one attached hydrogen (secondary N) is 1. The minimum atomic E-state index is -0.133. The van der Waals surface area contributed by atoms with Crippen molar-refractivity contribution in [2.24, 2.45) is 0 Å².